The van der Waals surface area contributed by atoms with Gasteiger partial charge >= 0.3 is 0 Å². The summed E-state index contributed by atoms with van der Waals surface area (Å²) < 4.78 is 21.2. The lowest BCUT2D eigenvalue weighted by Crippen LogP contribution is -2.30. The highest BCUT2D eigenvalue weighted by Gasteiger charge is 2.12. The van der Waals surface area contributed by atoms with E-state index >= 15 is 0 Å². The van der Waals surface area contributed by atoms with Crippen molar-refractivity contribution in [2.24, 2.45) is 0 Å². The highest BCUT2D eigenvalue weighted by Crippen LogP contribution is 2.36. The molecule has 0 spiro atoms. The SMILES string of the molecule is COc1cccc(CCNC(=O)COc2cccc(OC)c2OC)c1. The van der Waals surface area contributed by atoms with Crippen LogP contribution in [0.4, 0.5) is 0 Å². The van der Waals surface area contributed by atoms with Gasteiger partial charge in [0, 0.05) is 6.54 Å². The van der Waals surface area contributed by atoms with Crippen LogP contribution in [0, 0.1) is 0 Å². The van der Waals surface area contributed by atoms with Crippen LogP contribution in [0.1, 0.15) is 5.56 Å². The van der Waals surface area contributed by atoms with Crippen molar-refractivity contribution < 1.29 is 23.7 Å². The summed E-state index contributed by atoms with van der Waals surface area (Å²) in [5, 5.41) is 2.83. The minimum atomic E-state index is -0.201. The van der Waals surface area contributed by atoms with Gasteiger partial charge in [0.25, 0.3) is 5.91 Å². The summed E-state index contributed by atoms with van der Waals surface area (Å²) in [6.07, 6.45) is 0.714. The molecule has 1 N–H and O–H groups in total. The molecule has 2 rings (SSSR count). The molecule has 2 aromatic carbocycles. The number of hydrogen-bond acceptors (Lipinski definition) is 5. The van der Waals surface area contributed by atoms with Crippen LogP contribution in [0.5, 0.6) is 23.0 Å². The molecule has 25 heavy (non-hydrogen) atoms. The molecule has 2 aromatic rings. The largest absolute Gasteiger partial charge is 0.497 e. The molecular formula is C19H23NO5. The molecule has 0 aromatic heterocycles. The smallest absolute Gasteiger partial charge is 0.257 e. The fourth-order valence-electron chi connectivity index (χ4n) is 2.34. The second kappa shape index (κ2) is 9.42. The van der Waals surface area contributed by atoms with E-state index in [-0.39, 0.29) is 12.5 Å². The van der Waals surface area contributed by atoms with Crippen LogP contribution in [0.25, 0.3) is 0 Å². The first kappa shape index (κ1) is 18.4. The van der Waals surface area contributed by atoms with E-state index in [1.165, 1.54) is 7.11 Å². The first-order valence-corrected chi connectivity index (χ1v) is 7.91. The number of benzene rings is 2. The Kier molecular flexibility index (Phi) is 6.95. The summed E-state index contributed by atoms with van der Waals surface area (Å²) >= 11 is 0. The van der Waals surface area contributed by atoms with Crippen LogP contribution in [0.2, 0.25) is 0 Å². The molecule has 0 radical (unpaired) electrons. The van der Waals surface area contributed by atoms with Crippen LogP contribution in [-0.2, 0) is 11.2 Å². The lowest BCUT2D eigenvalue weighted by molar-refractivity contribution is -0.123. The molecular weight excluding hydrogens is 322 g/mol. The van der Waals surface area contributed by atoms with E-state index in [0.717, 1.165) is 11.3 Å². The van der Waals surface area contributed by atoms with Crippen molar-refractivity contribution in [3.8, 4) is 23.0 Å². The zero-order chi connectivity index (χ0) is 18.1. The molecule has 0 aliphatic heterocycles. The Morgan fingerprint density at radius 3 is 2.44 bits per heavy atom. The van der Waals surface area contributed by atoms with Crippen molar-refractivity contribution in [1.82, 2.24) is 5.32 Å². The fourth-order valence-corrected chi connectivity index (χ4v) is 2.34. The number of hydrogen-bond donors (Lipinski definition) is 1. The fraction of sp³-hybridized carbons (Fsp3) is 0.316. The van der Waals surface area contributed by atoms with Crippen molar-refractivity contribution in [3.05, 3.63) is 48.0 Å². The van der Waals surface area contributed by atoms with Crippen molar-refractivity contribution in [1.29, 1.82) is 0 Å². The first-order chi connectivity index (χ1) is 12.2. The molecule has 1 amide bonds. The number of amides is 1. The third-order valence-electron chi connectivity index (χ3n) is 3.60. The van der Waals surface area contributed by atoms with Crippen LogP contribution >= 0.6 is 0 Å². The first-order valence-electron chi connectivity index (χ1n) is 7.91. The monoisotopic (exact) mass is 345 g/mol. The van der Waals surface area contributed by atoms with E-state index in [1.807, 2.05) is 24.3 Å². The van der Waals surface area contributed by atoms with E-state index in [1.54, 1.807) is 32.4 Å². The lowest BCUT2D eigenvalue weighted by atomic mass is 10.1. The van der Waals surface area contributed by atoms with E-state index in [0.29, 0.717) is 30.2 Å². The minimum absolute atomic E-state index is 0.0956. The molecule has 0 aliphatic rings. The number of ether oxygens (including phenoxy) is 4. The Bertz CT molecular complexity index is 702. The van der Waals surface area contributed by atoms with Gasteiger partial charge < -0.3 is 24.3 Å². The molecule has 134 valence electrons. The summed E-state index contributed by atoms with van der Waals surface area (Å²) in [6.45, 7) is 0.423. The van der Waals surface area contributed by atoms with Gasteiger partial charge in [0.2, 0.25) is 5.75 Å². The number of carbonyl (C=O) groups is 1. The number of para-hydroxylation sites is 1. The second-order valence-electron chi connectivity index (χ2n) is 5.23. The maximum Gasteiger partial charge on any atom is 0.257 e. The van der Waals surface area contributed by atoms with E-state index in [2.05, 4.69) is 5.32 Å². The van der Waals surface area contributed by atoms with Crippen molar-refractivity contribution in [2.45, 2.75) is 6.42 Å². The Morgan fingerprint density at radius 1 is 0.960 bits per heavy atom. The molecule has 0 saturated heterocycles. The molecule has 0 unspecified atom stereocenters. The average Bonchev–Trinajstić information content (AvgIpc) is 2.66. The topological polar surface area (TPSA) is 66.0 Å². The highest BCUT2D eigenvalue weighted by molar-refractivity contribution is 5.77. The second-order valence-corrected chi connectivity index (χ2v) is 5.23. The molecule has 6 nitrogen and oxygen atoms in total. The zero-order valence-corrected chi connectivity index (χ0v) is 14.7. The van der Waals surface area contributed by atoms with Crippen molar-refractivity contribution >= 4 is 5.91 Å². The van der Waals surface area contributed by atoms with Gasteiger partial charge in [-0.15, -0.1) is 0 Å². The van der Waals surface area contributed by atoms with E-state index in [9.17, 15) is 4.79 Å². The number of rotatable bonds is 9. The normalized spacial score (nSPS) is 10.0. The molecule has 0 fully saturated rings. The molecule has 0 saturated carbocycles. The van der Waals surface area contributed by atoms with Gasteiger partial charge in [-0.1, -0.05) is 18.2 Å². The van der Waals surface area contributed by atoms with E-state index in [4.69, 9.17) is 18.9 Å². The Labute approximate surface area is 147 Å². The number of nitrogens with one attached hydrogen (secondary N) is 1. The molecule has 0 aliphatic carbocycles. The van der Waals surface area contributed by atoms with Crippen LogP contribution in [0.3, 0.4) is 0 Å². The van der Waals surface area contributed by atoms with Gasteiger partial charge in [0.05, 0.1) is 21.3 Å². The zero-order valence-electron chi connectivity index (χ0n) is 14.7. The summed E-state index contributed by atoms with van der Waals surface area (Å²) in [6, 6.07) is 13.0. The highest BCUT2D eigenvalue weighted by atomic mass is 16.5. The molecule has 0 heterocycles. The van der Waals surface area contributed by atoms with Crippen molar-refractivity contribution in [3.63, 3.8) is 0 Å². The average molecular weight is 345 g/mol. The Hall–Kier alpha value is -2.89. The molecule has 6 heteroatoms. The molecule has 0 bridgehead atoms. The van der Waals surface area contributed by atoms with Crippen molar-refractivity contribution in [2.75, 3.05) is 34.5 Å². The van der Waals surface area contributed by atoms with E-state index < -0.39 is 0 Å². The van der Waals surface area contributed by atoms with Gasteiger partial charge in [0.15, 0.2) is 18.1 Å². The van der Waals surface area contributed by atoms with Gasteiger partial charge in [-0.25, -0.2) is 0 Å². The maximum absolute atomic E-state index is 12.0. The predicted octanol–water partition coefficient (Wildman–Crippen LogP) is 2.45. The summed E-state index contributed by atoms with van der Waals surface area (Å²) in [7, 11) is 4.71. The van der Waals surface area contributed by atoms with Gasteiger partial charge in [-0.05, 0) is 36.2 Å². The van der Waals surface area contributed by atoms with Gasteiger partial charge in [-0.3, -0.25) is 4.79 Å². The summed E-state index contributed by atoms with van der Waals surface area (Å²) in [5.41, 5.74) is 1.09. The van der Waals surface area contributed by atoms with Gasteiger partial charge in [0.1, 0.15) is 5.75 Å². The third-order valence-corrected chi connectivity index (χ3v) is 3.60. The summed E-state index contributed by atoms with van der Waals surface area (Å²) in [5.74, 6) is 2.09. The Morgan fingerprint density at radius 2 is 1.72 bits per heavy atom. The standard InChI is InChI=1S/C19H23NO5/c1-22-15-7-4-6-14(12-15)10-11-20-18(21)13-25-17-9-5-8-16(23-2)19(17)24-3/h4-9,12H,10-11,13H2,1-3H3,(H,20,21). The number of methoxy groups -OCH3 is 3. The van der Waals surface area contributed by atoms with Gasteiger partial charge in [-0.2, -0.15) is 0 Å². The lowest BCUT2D eigenvalue weighted by Gasteiger charge is -2.13. The van der Waals surface area contributed by atoms with Crippen LogP contribution in [0.15, 0.2) is 42.5 Å². The predicted molar refractivity (Wildman–Crippen MR) is 94.7 cm³/mol. The maximum atomic E-state index is 12.0. The number of carbonyl (C=O) groups excluding carboxylic acids is 1. The van der Waals surface area contributed by atoms with Crippen LogP contribution in [-0.4, -0.2) is 40.4 Å². The molecule has 0 atom stereocenters. The third kappa shape index (κ3) is 5.31. The summed E-state index contributed by atoms with van der Waals surface area (Å²) in [4.78, 5) is 12.0. The minimum Gasteiger partial charge on any atom is -0.497 e. The quantitative estimate of drug-likeness (QED) is 0.756. The Balaban J connectivity index is 1.81. The van der Waals surface area contributed by atoms with Crippen LogP contribution < -0.4 is 24.3 Å².